The van der Waals surface area contributed by atoms with E-state index in [4.69, 9.17) is 9.72 Å². The maximum Gasteiger partial charge on any atom is 0.343 e. The van der Waals surface area contributed by atoms with Crippen LogP contribution in [0.4, 0.5) is 5.69 Å². The molecule has 1 unspecified atom stereocenters. The molecule has 5 heterocycles. The number of nitrogens with zero attached hydrogens (tertiary/aromatic N) is 3. The van der Waals surface area contributed by atoms with Crippen LogP contribution in [0, 0.1) is 6.92 Å². The van der Waals surface area contributed by atoms with Crippen molar-refractivity contribution in [1.82, 2.24) is 14.9 Å². The van der Waals surface area contributed by atoms with Gasteiger partial charge >= 0.3 is 5.97 Å². The summed E-state index contributed by atoms with van der Waals surface area (Å²) >= 11 is 0. The molecule has 3 aromatic rings. The highest BCUT2D eigenvalue weighted by molar-refractivity contribution is 5.98. The number of piperazine rings is 1. The van der Waals surface area contributed by atoms with Crippen LogP contribution in [0.2, 0.25) is 0 Å². The van der Waals surface area contributed by atoms with Crippen LogP contribution in [0.1, 0.15) is 35.6 Å². The number of fused-ring (bicyclic) bond motifs is 5. The summed E-state index contributed by atoms with van der Waals surface area (Å²) in [7, 11) is 0. The SMILES string of the molecule is CCC1(O)C(=O)OCc2c1cc1n(c2=O)Cc2c-1nc1ccc(C)cc1c2N1CCNCC1. The number of aromatic nitrogens is 2. The lowest BCUT2D eigenvalue weighted by Gasteiger charge is -2.32. The van der Waals surface area contributed by atoms with Crippen LogP contribution >= 0.6 is 0 Å². The molecule has 1 atom stereocenters. The number of aliphatic hydroxyl groups is 1. The normalized spacial score (nSPS) is 21.5. The molecule has 8 heteroatoms. The number of carbonyl (C=O) groups excluding carboxylic acids is 1. The van der Waals surface area contributed by atoms with Crippen molar-refractivity contribution in [2.45, 2.75) is 39.0 Å². The Hall–Kier alpha value is -3.23. The van der Waals surface area contributed by atoms with E-state index in [-0.39, 0.29) is 18.6 Å². The Labute approximate surface area is 190 Å². The van der Waals surface area contributed by atoms with Gasteiger partial charge in [0.15, 0.2) is 5.60 Å². The molecule has 2 aromatic heterocycles. The lowest BCUT2D eigenvalue weighted by atomic mass is 9.86. The molecule has 0 bridgehead atoms. The van der Waals surface area contributed by atoms with Crippen LogP contribution in [0.15, 0.2) is 29.1 Å². The molecule has 0 saturated carbocycles. The molecular weight excluding hydrogens is 420 g/mol. The minimum absolute atomic E-state index is 0.120. The molecule has 33 heavy (non-hydrogen) atoms. The van der Waals surface area contributed by atoms with Crippen LogP contribution in [-0.4, -0.2) is 46.8 Å². The molecule has 3 aliphatic rings. The second kappa shape index (κ2) is 7.13. The van der Waals surface area contributed by atoms with E-state index in [1.54, 1.807) is 17.6 Å². The monoisotopic (exact) mass is 446 g/mol. The molecule has 2 N–H and O–H groups in total. The fourth-order valence-corrected chi connectivity index (χ4v) is 5.42. The molecule has 1 saturated heterocycles. The van der Waals surface area contributed by atoms with Crippen LogP contribution in [-0.2, 0) is 28.3 Å². The molecule has 1 fully saturated rings. The van der Waals surface area contributed by atoms with E-state index in [1.165, 1.54) is 0 Å². The van der Waals surface area contributed by atoms with E-state index in [1.807, 2.05) is 12.1 Å². The molecule has 6 rings (SSSR count). The maximum absolute atomic E-state index is 13.5. The minimum atomic E-state index is -1.82. The Morgan fingerprint density at radius 1 is 1.18 bits per heavy atom. The summed E-state index contributed by atoms with van der Waals surface area (Å²) in [5.74, 6) is -0.705. The van der Waals surface area contributed by atoms with Gasteiger partial charge in [0.2, 0.25) is 0 Å². The zero-order valence-corrected chi connectivity index (χ0v) is 18.8. The fraction of sp³-hybridized carbons (Fsp3) is 0.400. The second-order valence-corrected chi connectivity index (χ2v) is 9.15. The van der Waals surface area contributed by atoms with Gasteiger partial charge in [-0.05, 0) is 31.5 Å². The van der Waals surface area contributed by atoms with Crippen LogP contribution in [0.3, 0.4) is 0 Å². The first-order valence-electron chi connectivity index (χ1n) is 11.5. The highest BCUT2D eigenvalue weighted by Gasteiger charge is 2.45. The number of aryl methyl sites for hydroxylation is 1. The lowest BCUT2D eigenvalue weighted by Crippen LogP contribution is -2.44. The summed E-state index contributed by atoms with van der Waals surface area (Å²) in [6, 6.07) is 8.01. The predicted molar refractivity (Wildman–Crippen MR) is 124 cm³/mol. The van der Waals surface area contributed by atoms with E-state index in [9.17, 15) is 14.7 Å². The van der Waals surface area contributed by atoms with E-state index in [0.29, 0.717) is 23.4 Å². The number of nitrogens with one attached hydrogen (secondary N) is 1. The van der Waals surface area contributed by atoms with Gasteiger partial charge in [0.25, 0.3) is 5.56 Å². The molecule has 3 aliphatic heterocycles. The number of cyclic esters (lactones) is 1. The van der Waals surface area contributed by atoms with Gasteiger partial charge in [0.1, 0.15) is 6.61 Å². The number of pyridine rings is 2. The first kappa shape index (κ1) is 20.4. The topological polar surface area (TPSA) is 96.7 Å². The Bertz CT molecular complexity index is 1390. The summed E-state index contributed by atoms with van der Waals surface area (Å²) in [5.41, 5.74) is 4.21. The average molecular weight is 447 g/mol. The highest BCUT2D eigenvalue weighted by atomic mass is 16.6. The van der Waals surface area contributed by atoms with Crippen molar-refractivity contribution in [3.05, 3.63) is 56.9 Å². The van der Waals surface area contributed by atoms with Crippen molar-refractivity contribution in [3.63, 3.8) is 0 Å². The number of ether oxygens (including phenoxy) is 1. The van der Waals surface area contributed by atoms with Gasteiger partial charge in [0.05, 0.1) is 34.7 Å². The van der Waals surface area contributed by atoms with Crippen LogP contribution < -0.4 is 15.8 Å². The Balaban J connectivity index is 1.64. The molecule has 0 spiro atoms. The molecule has 170 valence electrons. The summed E-state index contributed by atoms with van der Waals surface area (Å²) in [6.07, 6.45) is 0.130. The fourth-order valence-electron chi connectivity index (χ4n) is 5.42. The molecule has 0 amide bonds. The summed E-state index contributed by atoms with van der Waals surface area (Å²) < 4.78 is 6.90. The average Bonchev–Trinajstić information content (AvgIpc) is 3.19. The van der Waals surface area contributed by atoms with Crippen molar-refractivity contribution < 1.29 is 14.6 Å². The first-order chi connectivity index (χ1) is 15.9. The smallest absolute Gasteiger partial charge is 0.343 e. The van der Waals surface area contributed by atoms with Crippen molar-refractivity contribution in [2.75, 3.05) is 31.1 Å². The Morgan fingerprint density at radius 3 is 2.73 bits per heavy atom. The first-order valence-corrected chi connectivity index (χ1v) is 11.5. The molecule has 0 aliphatic carbocycles. The van der Waals surface area contributed by atoms with Gasteiger partial charge < -0.3 is 24.6 Å². The number of anilines is 1. The number of rotatable bonds is 2. The number of hydrogen-bond acceptors (Lipinski definition) is 7. The van der Waals surface area contributed by atoms with Gasteiger partial charge in [-0.15, -0.1) is 0 Å². The highest BCUT2D eigenvalue weighted by Crippen LogP contribution is 2.43. The van der Waals surface area contributed by atoms with Crippen LogP contribution in [0.25, 0.3) is 22.3 Å². The van der Waals surface area contributed by atoms with Crippen molar-refractivity contribution in [1.29, 1.82) is 0 Å². The second-order valence-electron chi connectivity index (χ2n) is 9.15. The zero-order chi connectivity index (χ0) is 22.9. The van der Waals surface area contributed by atoms with E-state index >= 15 is 0 Å². The van der Waals surface area contributed by atoms with Gasteiger partial charge in [-0.25, -0.2) is 9.78 Å². The van der Waals surface area contributed by atoms with Gasteiger partial charge in [-0.1, -0.05) is 18.6 Å². The standard InChI is InChI=1S/C25H26N4O4/c1-3-25(32)18-11-20-21-16(12-29(20)23(30)17(18)13-33-24(25)31)22(28-8-6-26-7-9-28)15-10-14(2)4-5-19(15)27-21/h4-5,10-11,26,32H,3,6-9,12-13H2,1-2H3. The van der Waals surface area contributed by atoms with E-state index < -0.39 is 11.6 Å². The number of benzene rings is 1. The van der Waals surface area contributed by atoms with Crippen molar-refractivity contribution in [3.8, 4) is 11.4 Å². The molecule has 0 radical (unpaired) electrons. The quantitative estimate of drug-likeness (QED) is 0.453. The van der Waals surface area contributed by atoms with Gasteiger partial charge in [0, 0.05) is 42.7 Å². The summed E-state index contributed by atoms with van der Waals surface area (Å²) in [6.45, 7) is 7.62. The Morgan fingerprint density at radius 2 is 1.97 bits per heavy atom. The summed E-state index contributed by atoms with van der Waals surface area (Å²) in [5, 5.41) is 15.6. The number of hydrogen-bond donors (Lipinski definition) is 2. The van der Waals surface area contributed by atoms with Gasteiger partial charge in [-0.3, -0.25) is 4.79 Å². The van der Waals surface area contributed by atoms with Crippen LogP contribution in [0.5, 0.6) is 0 Å². The zero-order valence-electron chi connectivity index (χ0n) is 18.8. The van der Waals surface area contributed by atoms with Gasteiger partial charge in [-0.2, -0.15) is 0 Å². The van der Waals surface area contributed by atoms with E-state index in [0.717, 1.165) is 59.6 Å². The third-order valence-electron chi connectivity index (χ3n) is 7.25. The maximum atomic E-state index is 13.5. The number of carbonyl (C=O) groups is 1. The molecular formula is C25H26N4O4. The largest absolute Gasteiger partial charge is 0.458 e. The molecule has 8 nitrogen and oxygen atoms in total. The minimum Gasteiger partial charge on any atom is -0.458 e. The third-order valence-corrected chi connectivity index (χ3v) is 7.25. The van der Waals surface area contributed by atoms with Crippen molar-refractivity contribution >= 4 is 22.6 Å². The Kier molecular flexibility index (Phi) is 4.41. The summed E-state index contributed by atoms with van der Waals surface area (Å²) in [4.78, 5) is 33.3. The predicted octanol–water partition coefficient (Wildman–Crippen LogP) is 1.80. The third kappa shape index (κ3) is 2.80. The molecule has 1 aromatic carbocycles. The lowest BCUT2D eigenvalue weighted by molar-refractivity contribution is -0.172. The number of esters is 1. The van der Waals surface area contributed by atoms with E-state index in [2.05, 4.69) is 23.2 Å². The van der Waals surface area contributed by atoms with Crippen molar-refractivity contribution in [2.24, 2.45) is 0 Å².